The Kier molecular flexibility index (Phi) is 4.84. The molecule has 0 spiro atoms. The van der Waals surface area contributed by atoms with Crippen LogP contribution in [0.3, 0.4) is 0 Å². The molecule has 2 rings (SSSR count). The van der Waals surface area contributed by atoms with Crippen molar-refractivity contribution in [1.29, 1.82) is 0 Å². The van der Waals surface area contributed by atoms with Crippen LogP contribution in [0.5, 0.6) is 11.5 Å². The summed E-state index contributed by atoms with van der Waals surface area (Å²) in [5.41, 5.74) is 3.64. The summed E-state index contributed by atoms with van der Waals surface area (Å²) in [6, 6.07) is 12.6. The normalized spacial score (nSPS) is 12.2. The molecular formula is C17H20BrNO. The van der Waals surface area contributed by atoms with Crippen LogP contribution in [0.15, 0.2) is 40.9 Å². The molecule has 1 unspecified atom stereocenters. The summed E-state index contributed by atoms with van der Waals surface area (Å²) in [5.74, 6) is 1.74. The lowest BCUT2D eigenvalue weighted by molar-refractivity contribution is 0.474. The van der Waals surface area contributed by atoms with Gasteiger partial charge in [0, 0.05) is 6.04 Å². The Morgan fingerprint density at radius 1 is 1.10 bits per heavy atom. The number of hydrogen-bond acceptors (Lipinski definition) is 2. The Morgan fingerprint density at radius 2 is 1.85 bits per heavy atom. The monoisotopic (exact) mass is 333 g/mol. The van der Waals surface area contributed by atoms with Crippen LogP contribution >= 0.6 is 15.9 Å². The lowest BCUT2D eigenvalue weighted by Gasteiger charge is -2.15. The molecule has 2 nitrogen and oxygen atoms in total. The highest BCUT2D eigenvalue weighted by Gasteiger charge is 2.09. The second-order valence-electron chi connectivity index (χ2n) is 5.00. The fourth-order valence-corrected chi connectivity index (χ4v) is 2.47. The maximum atomic E-state index is 6.02. The standard InChI is InChI=1S/C17H20BrNO/c1-11-6-5-7-16(12(11)2)20-17-9-8-14(10-15(17)18)13(3)19-4/h5-10,13,19H,1-4H3. The lowest BCUT2D eigenvalue weighted by atomic mass is 10.1. The molecule has 2 aromatic rings. The molecule has 20 heavy (non-hydrogen) atoms. The molecule has 0 fully saturated rings. The fraction of sp³-hybridized carbons (Fsp3) is 0.294. The molecule has 0 radical (unpaired) electrons. The largest absolute Gasteiger partial charge is 0.456 e. The van der Waals surface area contributed by atoms with Gasteiger partial charge in [0.1, 0.15) is 11.5 Å². The molecule has 1 atom stereocenters. The van der Waals surface area contributed by atoms with Crippen molar-refractivity contribution in [2.24, 2.45) is 0 Å². The number of nitrogens with one attached hydrogen (secondary N) is 1. The van der Waals surface area contributed by atoms with Crippen LogP contribution in [0.1, 0.15) is 29.7 Å². The summed E-state index contributed by atoms with van der Waals surface area (Å²) in [4.78, 5) is 0. The third-order valence-corrected chi connectivity index (χ3v) is 4.28. The summed E-state index contributed by atoms with van der Waals surface area (Å²) in [5, 5.41) is 3.23. The van der Waals surface area contributed by atoms with Crippen molar-refractivity contribution in [2.75, 3.05) is 7.05 Å². The van der Waals surface area contributed by atoms with E-state index in [1.165, 1.54) is 16.7 Å². The molecule has 0 aliphatic carbocycles. The van der Waals surface area contributed by atoms with Crippen LogP contribution in [-0.2, 0) is 0 Å². The number of halogens is 1. The predicted octanol–water partition coefficient (Wildman–Crippen LogP) is 5.14. The third-order valence-electron chi connectivity index (χ3n) is 3.66. The van der Waals surface area contributed by atoms with E-state index in [0.29, 0.717) is 6.04 Å². The quantitative estimate of drug-likeness (QED) is 0.836. The van der Waals surface area contributed by atoms with Gasteiger partial charge in [-0.2, -0.15) is 0 Å². The zero-order valence-electron chi connectivity index (χ0n) is 12.3. The van der Waals surface area contributed by atoms with Gasteiger partial charge >= 0.3 is 0 Å². The highest BCUT2D eigenvalue weighted by Crippen LogP contribution is 2.33. The van der Waals surface area contributed by atoms with Gasteiger partial charge in [0.2, 0.25) is 0 Å². The molecule has 0 aliphatic rings. The summed E-state index contributed by atoms with van der Waals surface area (Å²) in [6.45, 7) is 6.30. The molecule has 0 heterocycles. The Morgan fingerprint density at radius 3 is 2.50 bits per heavy atom. The van der Waals surface area contributed by atoms with Gasteiger partial charge in [-0.3, -0.25) is 0 Å². The molecule has 3 heteroatoms. The van der Waals surface area contributed by atoms with Gasteiger partial charge in [-0.15, -0.1) is 0 Å². The second-order valence-corrected chi connectivity index (χ2v) is 5.85. The molecule has 2 aromatic carbocycles. The second kappa shape index (κ2) is 6.42. The van der Waals surface area contributed by atoms with Gasteiger partial charge < -0.3 is 10.1 Å². The number of ether oxygens (including phenoxy) is 1. The molecule has 0 aliphatic heterocycles. The maximum absolute atomic E-state index is 6.02. The van der Waals surface area contributed by atoms with Gasteiger partial charge in [-0.25, -0.2) is 0 Å². The van der Waals surface area contributed by atoms with E-state index in [1.807, 2.05) is 25.2 Å². The van der Waals surface area contributed by atoms with Crippen molar-refractivity contribution in [1.82, 2.24) is 5.32 Å². The topological polar surface area (TPSA) is 21.3 Å². The minimum absolute atomic E-state index is 0.320. The van der Waals surface area contributed by atoms with Crippen molar-refractivity contribution in [3.8, 4) is 11.5 Å². The van der Waals surface area contributed by atoms with Gasteiger partial charge in [0.15, 0.2) is 0 Å². The van der Waals surface area contributed by atoms with E-state index in [-0.39, 0.29) is 0 Å². The van der Waals surface area contributed by atoms with Crippen LogP contribution in [-0.4, -0.2) is 7.05 Å². The van der Waals surface area contributed by atoms with Crippen molar-refractivity contribution >= 4 is 15.9 Å². The van der Waals surface area contributed by atoms with Crippen LogP contribution in [0.25, 0.3) is 0 Å². The first-order valence-corrected chi connectivity index (χ1v) is 7.53. The average molecular weight is 334 g/mol. The van der Waals surface area contributed by atoms with E-state index in [1.54, 1.807) is 0 Å². The average Bonchev–Trinajstić information content (AvgIpc) is 2.45. The number of hydrogen-bond donors (Lipinski definition) is 1. The molecule has 0 amide bonds. The summed E-state index contributed by atoms with van der Waals surface area (Å²) < 4.78 is 6.99. The van der Waals surface area contributed by atoms with Gasteiger partial charge in [0.25, 0.3) is 0 Å². The maximum Gasteiger partial charge on any atom is 0.141 e. The van der Waals surface area contributed by atoms with Gasteiger partial charge in [-0.05, 0) is 78.6 Å². The molecule has 0 saturated carbocycles. The molecule has 106 valence electrons. The minimum Gasteiger partial charge on any atom is -0.456 e. The zero-order valence-corrected chi connectivity index (χ0v) is 13.9. The van der Waals surface area contributed by atoms with Crippen LogP contribution < -0.4 is 10.1 Å². The van der Waals surface area contributed by atoms with Gasteiger partial charge in [-0.1, -0.05) is 18.2 Å². The smallest absolute Gasteiger partial charge is 0.141 e. The van der Waals surface area contributed by atoms with E-state index in [4.69, 9.17) is 4.74 Å². The van der Waals surface area contributed by atoms with E-state index in [2.05, 4.69) is 60.2 Å². The fourth-order valence-electron chi connectivity index (χ4n) is 1.99. The summed E-state index contributed by atoms with van der Waals surface area (Å²) in [6.07, 6.45) is 0. The molecular weight excluding hydrogens is 314 g/mol. The Bertz CT molecular complexity index is 610. The highest BCUT2D eigenvalue weighted by atomic mass is 79.9. The minimum atomic E-state index is 0.320. The first-order chi connectivity index (χ1) is 9.52. The first kappa shape index (κ1) is 15.1. The van der Waals surface area contributed by atoms with Crippen LogP contribution in [0, 0.1) is 13.8 Å². The van der Waals surface area contributed by atoms with Crippen molar-refractivity contribution in [2.45, 2.75) is 26.8 Å². The molecule has 0 saturated heterocycles. The van der Waals surface area contributed by atoms with Crippen molar-refractivity contribution < 1.29 is 4.74 Å². The number of benzene rings is 2. The Balaban J connectivity index is 2.28. The zero-order chi connectivity index (χ0) is 14.7. The van der Waals surface area contributed by atoms with Gasteiger partial charge in [0.05, 0.1) is 4.47 Å². The molecule has 1 N–H and O–H groups in total. The molecule has 0 aromatic heterocycles. The number of aryl methyl sites for hydroxylation is 1. The number of rotatable bonds is 4. The van der Waals surface area contributed by atoms with E-state index < -0.39 is 0 Å². The Hall–Kier alpha value is -1.32. The van der Waals surface area contributed by atoms with Crippen molar-refractivity contribution in [3.05, 3.63) is 57.6 Å². The first-order valence-electron chi connectivity index (χ1n) is 6.73. The van der Waals surface area contributed by atoms with E-state index in [0.717, 1.165) is 16.0 Å². The van der Waals surface area contributed by atoms with Crippen LogP contribution in [0.2, 0.25) is 0 Å². The lowest BCUT2D eigenvalue weighted by Crippen LogP contribution is -2.12. The predicted molar refractivity (Wildman–Crippen MR) is 87.6 cm³/mol. The van der Waals surface area contributed by atoms with E-state index in [9.17, 15) is 0 Å². The van der Waals surface area contributed by atoms with Crippen LogP contribution in [0.4, 0.5) is 0 Å². The highest BCUT2D eigenvalue weighted by molar-refractivity contribution is 9.10. The molecule has 0 bridgehead atoms. The SMILES string of the molecule is CNC(C)c1ccc(Oc2cccc(C)c2C)c(Br)c1. The van der Waals surface area contributed by atoms with E-state index >= 15 is 0 Å². The summed E-state index contributed by atoms with van der Waals surface area (Å²) >= 11 is 3.59. The van der Waals surface area contributed by atoms with Crippen molar-refractivity contribution in [3.63, 3.8) is 0 Å². The summed E-state index contributed by atoms with van der Waals surface area (Å²) in [7, 11) is 1.96. The Labute approximate surface area is 129 Å². The third kappa shape index (κ3) is 3.22.